The zero-order valence-electron chi connectivity index (χ0n) is 13.3. The first-order valence-electron chi connectivity index (χ1n) is 7.63. The molecule has 128 valence electrons. The number of aromatic nitrogens is 1. The second-order valence-corrected chi connectivity index (χ2v) is 7.73. The molecule has 24 heavy (non-hydrogen) atoms. The van der Waals surface area contributed by atoms with Crippen molar-refractivity contribution in [3.63, 3.8) is 0 Å². The average Bonchev–Trinajstić information content (AvgIpc) is 3.15. The molecule has 2 heterocycles. The van der Waals surface area contributed by atoms with Gasteiger partial charge in [-0.15, -0.1) is 0 Å². The largest absolute Gasteiger partial charge is 0.364 e. The maximum atomic E-state index is 12.2. The fraction of sp³-hybridized carbons (Fsp3) is 0.375. The van der Waals surface area contributed by atoms with Crippen LogP contribution in [0.3, 0.4) is 0 Å². The number of rotatable bonds is 6. The Hall–Kier alpha value is -2.19. The van der Waals surface area contributed by atoms with E-state index in [9.17, 15) is 13.2 Å². The Balaban J connectivity index is 1.70. The van der Waals surface area contributed by atoms with E-state index in [2.05, 4.69) is 14.4 Å². The van der Waals surface area contributed by atoms with Crippen LogP contribution in [0, 0.1) is 5.92 Å². The Bertz CT molecular complexity index is 790. The molecular formula is C16H19N3O4S. The molecule has 0 saturated carbocycles. The van der Waals surface area contributed by atoms with E-state index in [0.29, 0.717) is 12.1 Å². The Morgan fingerprint density at radius 2 is 2.04 bits per heavy atom. The van der Waals surface area contributed by atoms with Gasteiger partial charge in [-0.1, -0.05) is 35.5 Å². The van der Waals surface area contributed by atoms with E-state index >= 15 is 0 Å². The number of amides is 1. The van der Waals surface area contributed by atoms with E-state index in [1.165, 1.54) is 12.3 Å². The third kappa shape index (κ3) is 3.65. The number of hydrogen-bond acceptors (Lipinski definition) is 5. The Labute approximate surface area is 140 Å². The molecule has 0 unspecified atom stereocenters. The van der Waals surface area contributed by atoms with Gasteiger partial charge in [-0.2, -0.15) is 0 Å². The third-order valence-corrected chi connectivity index (χ3v) is 5.51. The number of nitrogens with one attached hydrogen (secondary N) is 1. The van der Waals surface area contributed by atoms with Crippen LogP contribution in [0.15, 0.2) is 47.2 Å². The second kappa shape index (κ2) is 6.74. The lowest BCUT2D eigenvalue weighted by atomic mass is 9.94. The molecule has 1 saturated heterocycles. The van der Waals surface area contributed by atoms with Crippen molar-refractivity contribution < 1.29 is 17.7 Å². The molecule has 8 heteroatoms. The van der Waals surface area contributed by atoms with Crippen molar-refractivity contribution in [3.8, 4) is 0 Å². The molecule has 1 aliphatic heterocycles. The first kappa shape index (κ1) is 16.7. The minimum Gasteiger partial charge on any atom is -0.364 e. The van der Waals surface area contributed by atoms with Crippen LogP contribution >= 0.6 is 0 Å². The smallest absolute Gasteiger partial charge is 0.223 e. The van der Waals surface area contributed by atoms with Crippen molar-refractivity contribution in [1.82, 2.24) is 14.8 Å². The van der Waals surface area contributed by atoms with E-state index in [-0.39, 0.29) is 30.2 Å². The zero-order valence-corrected chi connectivity index (χ0v) is 14.1. The molecule has 0 spiro atoms. The predicted molar refractivity (Wildman–Crippen MR) is 87.2 cm³/mol. The fourth-order valence-corrected chi connectivity index (χ4v) is 4.18. The van der Waals surface area contributed by atoms with Gasteiger partial charge >= 0.3 is 0 Å². The summed E-state index contributed by atoms with van der Waals surface area (Å²) in [6.45, 7) is 0.204. The highest BCUT2D eigenvalue weighted by molar-refractivity contribution is 7.88. The lowest BCUT2D eigenvalue weighted by Gasteiger charge is -2.25. The van der Waals surface area contributed by atoms with Gasteiger partial charge in [-0.05, 0) is 5.56 Å². The Morgan fingerprint density at radius 3 is 2.71 bits per heavy atom. The monoisotopic (exact) mass is 349 g/mol. The van der Waals surface area contributed by atoms with Crippen molar-refractivity contribution in [2.75, 3.05) is 13.6 Å². The number of sulfonamides is 1. The molecule has 1 aromatic carbocycles. The summed E-state index contributed by atoms with van der Waals surface area (Å²) in [6.07, 6.45) is 1.66. The zero-order chi connectivity index (χ0) is 17.2. The summed E-state index contributed by atoms with van der Waals surface area (Å²) in [7, 11) is -1.78. The second-order valence-electron chi connectivity index (χ2n) is 5.92. The van der Waals surface area contributed by atoms with Crippen molar-refractivity contribution >= 4 is 15.9 Å². The van der Waals surface area contributed by atoms with Crippen LogP contribution in [0.2, 0.25) is 0 Å². The highest BCUT2D eigenvalue weighted by atomic mass is 32.2. The van der Waals surface area contributed by atoms with Crippen molar-refractivity contribution in [3.05, 3.63) is 53.9 Å². The average molecular weight is 349 g/mol. The SMILES string of the molecule is CN1C(=O)C[C@@H](CNS(=O)(=O)Cc2ccon2)[C@@H]1c1ccccc1. The quantitative estimate of drug-likeness (QED) is 0.849. The van der Waals surface area contributed by atoms with Gasteiger partial charge in [0.2, 0.25) is 15.9 Å². The van der Waals surface area contributed by atoms with Crippen LogP contribution < -0.4 is 4.72 Å². The van der Waals surface area contributed by atoms with Crippen LogP contribution in [-0.2, 0) is 20.6 Å². The standard InChI is InChI=1S/C16H19N3O4S/c1-19-15(20)9-13(16(19)12-5-3-2-4-6-12)10-17-24(21,22)11-14-7-8-23-18-14/h2-8,13,16-17H,9-11H2,1H3/t13-,16-/m0/s1. The summed E-state index contributed by atoms with van der Waals surface area (Å²) in [5.41, 5.74) is 1.35. The fourth-order valence-electron chi connectivity index (χ4n) is 3.07. The van der Waals surface area contributed by atoms with Gasteiger partial charge in [0.05, 0.1) is 11.7 Å². The van der Waals surface area contributed by atoms with E-state index in [0.717, 1.165) is 5.56 Å². The minimum atomic E-state index is -3.53. The lowest BCUT2D eigenvalue weighted by Crippen LogP contribution is -2.33. The Kier molecular flexibility index (Phi) is 4.68. The van der Waals surface area contributed by atoms with Gasteiger partial charge in [0, 0.05) is 32.0 Å². The van der Waals surface area contributed by atoms with Gasteiger partial charge in [0.25, 0.3) is 0 Å². The summed E-state index contributed by atoms with van der Waals surface area (Å²) < 4.78 is 31.6. The van der Waals surface area contributed by atoms with E-state index in [4.69, 9.17) is 0 Å². The maximum Gasteiger partial charge on any atom is 0.223 e. The summed E-state index contributed by atoms with van der Waals surface area (Å²) in [4.78, 5) is 13.8. The van der Waals surface area contributed by atoms with Gasteiger partial charge in [0.15, 0.2) is 0 Å². The minimum absolute atomic E-state index is 0.0181. The first-order valence-corrected chi connectivity index (χ1v) is 9.29. The summed E-state index contributed by atoms with van der Waals surface area (Å²) >= 11 is 0. The molecular weight excluding hydrogens is 330 g/mol. The third-order valence-electron chi connectivity index (χ3n) is 4.23. The van der Waals surface area contributed by atoms with E-state index in [1.807, 2.05) is 30.3 Å². The molecule has 2 aromatic rings. The normalized spacial score (nSPS) is 21.4. The maximum absolute atomic E-state index is 12.2. The van der Waals surface area contributed by atoms with Crippen LogP contribution in [0.25, 0.3) is 0 Å². The Morgan fingerprint density at radius 1 is 1.29 bits per heavy atom. The molecule has 0 bridgehead atoms. The van der Waals surface area contributed by atoms with Crippen LogP contribution in [0.4, 0.5) is 0 Å². The van der Waals surface area contributed by atoms with Crippen molar-refractivity contribution in [2.45, 2.75) is 18.2 Å². The lowest BCUT2D eigenvalue weighted by molar-refractivity contribution is -0.127. The van der Waals surface area contributed by atoms with Gasteiger partial charge in [-0.3, -0.25) is 4.79 Å². The molecule has 1 fully saturated rings. The van der Waals surface area contributed by atoms with Gasteiger partial charge in [0.1, 0.15) is 12.0 Å². The summed E-state index contributed by atoms with van der Waals surface area (Å²) in [5, 5.41) is 3.61. The van der Waals surface area contributed by atoms with Gasteiger partial charge in [-0.25, -0.2) is 13.1 Å². The van der Waals surface area contributed by atoms with E-state index < -0.39 is 10.0 Å². The van der Waals surface area contributed by atoms with E-state index in [1.54, 1.807) is 11.9 Å². The molecule has 0 aliphatic carbocycles. The number of likely N-dealkylation sites (tertiary alicyclic amines) is 1. The molecule has 1 N–H and O–H groups in total. The van der Waals surface area contributed by atoms with Crippen LogP contribution in [-0.4, -0.2) is 38.0 Å². The van der Waals surface area contributed by atoms with Crippen molar-refractivity contribution in [2.24, 2.45) is 5.92 Å². The molecule has 1 aromatic heterocycles. The van der Waals surface area contributed by atoms with Crippen LogP contribution in [0.5, 0.6) is 0 Å². The highest BCUT2D eigenvalue weighted by Gasteiger charge is 2.38. The predicted octanol–water partition coefficient (Wildman–Crippen LogP) is 1.31. The van der Waals surface area contributed by atoms with Crippen molar-refractivity contribution in [1.29, 1.82) is 0 Å². The summed E-state index contributed by atoms with van der Waals surface area (Å²) in [5.74, 6) is -0.336. The topological polar surface area (TPSA) is 92.5 Å². The van der Waals surface area contributed by atoms with Gasteiger partial charge < -0.3 is 9.42 Å². The first-order chi connectivity index (χ1) is 11.5. The molecule has 2 atom stereocenters. The molecule has 1 amide bonds. The highest BCUT2D eigenvalue weighted by Crippen LogP contribution is 2.36. The molecule has 1 aliphatic rings. The molecule has 7 nitrogen and oxygen atoms in total. The van der Waals surface area contributed by atoms with Crippen LogP contribution in [0.1, 0.15) is 23.7 Å². The number of carbonyl (C=O) groups excluding carboxylic acids is 1. The number of benzene rings is 1. The number of hydrogen-bond donors (Lipinski definition) is 1. The summed E-state index contributed by atoms with van der Waals surface area (Å²) in [6, 6.07) is 11.0. The molecule has 3 rings (SSSR count). The molecule has 0 radical (unpaired) electrons. The number of nitrogens with zero attached hydrogens (tertiary/aromatic N) is 2. The number of carbonyl (C=O) groups is 1.